The van der Waals surface area contributed by atoms with E-state index in [0.717, 1.165) is 56.0 Å². The molecule has 1 aliphatic heterocycles. The molecule has 166 valence electrons. The Balaban J connectivity index is 1.43. The minimum atomic E-state index is -0.0908. The normalized spacial score (nSPS) is 14.6. The first kappa shape index (κ1) is 23.0. The Hall–Kier alpha value is -2.70. The lowest BCUT2D eigenvalue weighted by atomic mass is 10.1. The summed E-state index contributed by atoms with van der Waals surface area (Å²) in [7, 11) is 1.82. The Morgan fingerprint density at radius 3 is 2.35 bits per heavy atom. The van der Waals surface area contributed by atoms with Crippen LogP contribution in [0.25, 0.3) is 0 Å². The van der Waals surface area contributed by atoms with Crippen LogP contribution in [0.15, 0.2) is 48.5 Å². The van der Waals surface area contributed by atoms with E-state index < -0.39 is 0 Å². The molecule has 2 amide bonds. The van der Waals surface area contributed by atoms with Crippen molar-refractivity contribution < 1.29 is 9.59 Å². The van der Waals surface area contributed by atoms with Crippen LogP contribution in [0.1, 0.15) is 23.6 Å². The first-order chi connectivity index (χ1) is 15.0. The molecule has 0 unspecified atom stereocenters. The van der Waals surface area contributed by atoms with E-state index in [1.807, 2.05) is 43.1 Å². The number of hydrogen-bond donors (Lipinski definition) is 1. The van der Waals surface area contributed by atoms with Crippen molar-refractivity contribution >= 4 is 17.5 Å². The van der Waals surface area contributed by atoms with Gasteiger partial charge in [0, 0.05) is 38.4 Å². The number of carbonyl (C=O) groups excluding carboxylic acids is 2. The van der Waals surface area contributed by atoms with E-state index in [9.17, 15) is 9.59 Å². The van der Waals surface area contributed by atoms with Gasteiger partial charge in [0.15, 0.2) is 0 Å². The topological polar surface area (TPSA) is 55.9 Å². The van der Waals surface area contributed by atoms with Crippen LogP contribution < -0.4 is 5.32 Å². The zero-order valence-corrected chi connectivity index (χ0v) is 18.9. The van der Waals surface area contributed by atoms with Crippen LogP contribution in [-0.2, 0) is 22.6 Å². The molecule has 0 saturated carbocycles. The quantitative estimate of drug-likeness (QED) is 0.711. The molecule has 0 bridgehead atoms. The molecule has 1 heterocycles. The van der Waals surface area contributed by atoms with Crippen molar-refractivity contribution in [1.82, 2.24) is 14.7 Å². The highest BCUT2D eigenvalue weighted by Gasteiger charge is 2.22. The molecular formula is C25H34N4O2. The van der Waals surface area contributed by atoms with Gasteiger partial charge in [-0.25, -0.2) is 0 Å². The number of piperazine rings is 1. The zero-order chi connectivity index (χ0) is 22.2. The maximum atomic E-state index is 12.7. The van der Waals surface area contributed by atoms with Gasteiger partial charge in [0.1, 0.15) is 0 Å². The molecule has 2 aromatic rings. The van der Waals surface area contributed by atoms with Crippen molar-refractivity contribution in [3.05, 3.63) is 65.2 Å². The first-order valence-electron chi connectivity index (χ1n) is 11.1. The van der Waals surface area contributed by atoms with Gasteiger partial charge in [0.25, 0.3) is 0 Å². The standard InChI is InChI=1S/C25H34N4O2/c1-4-22-12-8-9-20(2)25(22)26-23(30)18-27(3)19-24(31)29-15-13-28(14-16-29)17-21-10-6-5-7-11-21/h5-12H,4,13-19H2,1-3H3,(H,26,30). The number of nitrogens with zero attached hydrogens (tertiary/aromatic N) is 3. The monoisotopic (exact) mass is 422 g/mol. The summed E-state index contributed by atoms with van der Waals surface area (Å²) < 4.78 is 0. The van der Waals surface area contributed by atoms with Crippen LogP contribution in [0, 0.1) is 6.92 Å². The molecular weight excluding hydrogens is 388 g/mol. The van der Waals surface area contributed by atoms with Gasteiger partial charge in [0.05, 0.1) is 13.1 Å². The highest BCUT2D eigenvalue weighted by molar-refractivity contribution is 5.94. The lowest BCUT2D eigenvalue weighted by Crippen LogP contribution is -2.51. The maximum Gasteiger partial charge on any atom is 0.238 e. The molecule has 0 radical (unpaired) electrons. The third-order valence-corrected chi connectivity index (χ3v) is 5.80. The van der Waals surface area contributed by atoms with Crippen LogP contribution in [0.4, 0.5) is 5.69 Å². The van der Waals surface area contributed by atoms with Gasteiger partial charge in [-0.3, -0.25) is 19.4 Å². The van der Waals surface area contributed by atoms with Gasteiger partial charge in [-0.2, -0.15) is 0 Å². The number of aryl methyl sites for hydroxylation is 2. The molecule has 1 aliphatic rings. The van der Waals surface area contributed by atoms with Crippen molar-refractivity contribution in [3.8, 4) is 0 Å². The number of benzene rings is 2. The Morgan fingerprint density at radius 1 is 0.968 bits per heavy atom. The smallest absolute Gasteiger partial charge is 0.238 e. The highest BCUT2D eigenvalue weighted by Crippen LogP contribution is 2.21. The summed E-state index contributed by atoms with van der Waals surface area (Å²) in [5.41, 5.74) is 4.37. The molecule has 1 fully saturated rings. The Bertz CT molecular complexity index is 876. The number of nitrogens with one attached hydrogen (secondary N) is 1. The lowest BCUT2D eigenvalue weighted by molar-refractivity contribution is -0.134. The van der Waals surface area contributed by atoms with Crippen LogP contribution in [0.5, 0.6) is 0 Å². The van der Waals surface area contributed by atoms with Crippen LogP contribution in [-0.4, -0.2) is 72.8 Å². The minimum absolute atomic E-state index is 0.0831. The molecule has 0 aliphatic carbocycles. The second kappa shape index (κ2) is 11.1. The second-order valence-electron chi connectivity index (χ2n) is 8.33. The van der Waals surface area contributed by atoms with E-state index in [0.29, 0.717) is 0 Å². The third-order valence-electron chi connectivity index (χ3n) is 5.80. The van der Waals surface area contributed by atoms with E-state index in [1.54, 1.807) is 4.90 Å². The highest BCUT2D eigenvalue weighted by atomic mass is 16.2. The summed E-state index contributed by atoms with van der Waals surface area (Å²) in [5.74, 6) is -0.00761. The Labute approximate surface area is 185 Å². The molecule has 1 N–H and O–H groups in total. The summed E-state index contributed by atoms with van der Waals surface area (Å²) in [4.78, 5) is 31.3. The van der Waals surface area contributed by atoms with Crippen LogP contribution in [0.3, 0.4) is 0 Å². The van der Waals surface area contributed by atoms with Crippen molar-refractivity contribution in [2.24, 2.45) is 0 Å². The van der Waals surface area contributed by atoms with Gasteiger partial charge in [-0.1, -0.05) is 55.5 Å². The van der Waals surface area contributed by atoms with E-state index >= 15 is 0 Å². The number of carbonyl (C=O) groups is 2. The second-order valence-corrected chi connectivity index (χ2v) is 8.33. The van der Waals surface area contributed by atoms with Crippen molar-refractivity contribution in [3.63, 3.8) is 0 Å². The van der Waals surface area contributed by atoms with Gasteiger partial charge < -0.3 is 10.2 Å². The number of amides is 2. The molecule has 2 aromatic carbocycles. The number of likely N-dealkylation sites (N-methyl/N-ethyl adjacent to an activating group) is 1. The van der Waals surface area contributed by atoms with E-state index in [1.165, 1.54) is 5.56 Å². The SMILES string of the molecule is CCc1cccc(C)c1NC(=O)CN(C)CC(=O)N1CCN(Cc2ccccc2)CC1. The van der Waals surface area contributed by atoms with Crippen LogP contribution in [0.2, 0.25) is 0 Å². The average molecular weight is 423 g/mol. The number of rotatable bonds is 8. The largest absolute Gasteiger partial charge is 0.339 e. The summed E-state index contributed by atoms with van der Waals surface area (Å²) in [6, 6.07) is 16.5. The zero-order valence-electron chi connectivity index (χ0n) is 18.9. The van der Waals surface area contributed by atoms with E-state index in [4.69, 9.17) is 0 Å². The summed E-state index contributed by atoms with van der Waals surface area (Å²) in [5, 5.41) is 3.03. The van der Waals surface area contributed by atoms with Gasteiger partial charge in [-0.05, 0) is 37.1 Å². The molecule has 3 rings (SSSR count). The molecule has 0 aromatic heterocycles. The summed E-state index contributed by atoms with van der Waals surface area (Å²) in [6.07, 6.45) is 0.863. The number of hydrogen-bond acceptors (Lipinski definition) is 4. The summed E-state index contributed by atoms with van der Waals surface area (Å²) in [6.45, 7) is 8.65. The number of para-hydroxylation sites is 1. The Morgan fingerprint density at radius 2 is 1.68 bits per heavy atom. The lowest BCUT2D eigenvalue weighted by Gasteiger charge is -2.35. The molecule has 0 spiro atoms. The predicted molar refractivity (Wildman–Crippen MR) is 125 cm³/mol. The van der Waals surface area contributed by atoms with Gasteiger partial charge in [-0.15, -0.1) is 0 Å². The van der Waals surface area contributed by atoms with Crippen molar-refractivity contribution in [2.45, 2.75) is 26.8 Å². The van der Waals surface area contributed by atoms with E-state index in [-0.39, 0.29) is 24.9 Å². The first-order valence-corrected chi connectivity index (χ1v) is 11.1. The van der Waals surface area contributed by atoms with Crippen molar-refractivity contribution in [2.75, 3.05) is 51.6 Å². The molecule has 31 heavy (non-hydrogen) atoms. The van der Waals surface area contributed by atoms with Gasteiger partial charge in [0.2, 0.25) is 11.8 Å². The Kier molecular flexibility index (Phi) is 8.20. The van der Waals surface area contributed by atoms with Gasteiger partial charge >= 0.3 is 0 Å². The predicted octanol–water partition coefficient (Wildman–Crippen LogP) is 2.77. The fourth-order valence-corrected chi connectivity index (χ4v) is 4.01. The minimum Gasteiger partial charge on any atom is -0.339 e. The average Bonchev–Trinajstić information content (AvgIpc) is 2.76. The third kappa shape index (κ3) is 6.64. The van der Waals surface area contributed by atoms with Crippen molar-refractivity contribution in [1.29, 1.82) is 0 Å². The van der Waals surface area contributed by atoms with Crippen LogP contribution >= 0.6 is 0 Å². The van der Waals surface area contributed by atoms with E-state index in [2.05, 4.69) is 41.4 Å². The molecule has 6 nitrogen and oxygen atoms in total. The summed E-state index contributed by atoms with van der Waals surface area (Å²) >= 11 is 0. The molecule has 1 saturated heterocycles. The fourth-order valence-electron chi connectivity index (χ4n) is 4.01. The molecule has 0 atom stereocenters. The maximum absolute atomic E-state index is 12.7. The molecule has 6 heteroatoms. The fraction of sp³-hybridized carbons (Fsp3) is 0.440. The number of anilines is 1.